The zero-order valence-corrected chi connectivity index (χ0v) is 21.3. The topological polar surface area (TPSA) is 109 Å². The van der Waals surface area contributed by atoms with Gasteiger partial charge in [-0.2, -0.15) is 4.31 Å². The summed E-state index contributed by atoms with van der Waals surface area (Å²) in [5, 5.41) is 4.20. The molecule has 1 fully saturated rings. The number of aromatic nitrogens is 1. The molecule has 0 spiro atoms. The van der Waals surface area contributed by atoms with E-state index in [9.17, 15) is 18.0 Å². The number of thiophene rings is 1. The Bertz CT molecular complexity index is 1120. The van der Waals surface area contributed by atoms with Crippen molar-refractivity contribution in [3.8, 4) is 0 Å². The van der Waals surface area contributed by atoms with Gasteiger partial charge in [-0.1, -0.05) is 11.6 Å². The van der Waals surface area contributed by atoms with Gasteiger partial charge in [-0.25, -0.2) is 8.42 Å². The van der Waals surface area contributed by atoms with Crippen LogP contribution in [0.2, 0.25) is 4.34 Å². The van der Waals surface area contributed by atoms with E-state index in [4.69, 9.17) is 16.3 Å². The second kappa shape index (κ2) is 11.8. The first-order valence-electron chi connectivity index (χ1n) is 10.7. The highest BCUT2D eigenvalue weighted by Gasteiger charge is 2.41. The first-order valence-corrected chi connectivity index (χ1v) is 13.4. The zero-order chi connectivity index (χ0) is 24.7. The third-order valence-corrected chi connectivity index (χ3v) is 7.70. The van der Waals surface area contributed by atoms with Crippen molar-refractivity contribution in [3.63, 3.8) is 0 Å². The Labute approximate surface area is 208 Å². The van der Waals surface area contributed by atoms with Gasteiger partial charge < -0.3 is 15.0 Å². The van der Waals surface area contributed by atoms with Crippen molar-refractivity contribution in [2.24, 2.45) is 0 Å². The van der Waals surface area contributed by atoms with Crippen LogP contribution in [0.5, 0.6) is 0 Å². The highest BCUT2D eigenvalue weighted by atomic mass is 35.5. The van der Waals surface area contributed by atoms with E-state index in [0.29, 0.717) is 28.8 Å². The van der Waals surface area contributed by atoms with Crippen LogP contribution in [-0.2, 0) is 24.3 Å². The molecule has 1 aliphatic heterocycles. The van der Waals surface area contributed by atoms with Crippen LogP contribution in [0.15, 0.2) is 42.1 Å². The molecule has 2 aromatic rings. The van der Waals surface area contributed by atoms with Gasteiger partial charge in [0.25, 0.3) is 0 Å². The lowest BCUT2D eigenvalue weighted by Gasteiger charge is -2.25. The predicted octanol–water partition coefficient (Wildman–Crippen LogP) is 3.06. The molecule has 1 N–H and O–H groups in total. The molecule has 0 bridgehead atoms. The molecule has 1 saturated heterocycles. The molecule has 0 aromatic carbocycles. The first-order chi connectivity index (χ1) is 16.2. The maximum atomic E-state index is 13.2. The van der Waals surface area contributed by atoms with Gasteiger partial charge >= 0.3 is 5.97 Å². The van der Waals surface area contributed by atoms with Crippen LogP contribution in [0.1, 0.15) is 25.1 Å². The molecule has 12 heteroatoms. The number of esters is 1. The van der Waals surface area contributed by atoms with Crippen LogP contribution in [0.25, 0.3) is 6.08 Å². The third kappa shape index (κ3) is 7.26. The van der Waals surface area contributed by atoms with Crippen molar-refractivity contribution in [1.29, 1.82) is 0 Å². The van der Waals surface area contributed by atoms with Crippen LogP contribution in [0.3, 0.4) is 0 Å². The second-order valence-electron chi connectivity index (χ2n) is 7.87. The number of sulfonamides is 1. The molecule has 34 heavy (non-hydrogen) atoms. The summed E-state index contributed by atoms with van der Waals surface area (Å²) in [5.74, 6) is -1.05. The number of carbonyl (C=O) groups is 2. The fraction of sp³-hybridized carbons (Fsp3) is 0.409. The third-order valence-electron chi connectivity index (χ3n) is 4.99. The van der Waals surface area contributed by atoms with Gasteiger partial charge in [0.1, 0.15) is 12.6 Å². The Morgan fingerprint density at radius 3 is 2.74 bits per heavy atom. The number of rotatable bonds is 11. The van der Waals surface area contributed by atoms with Crippen LogP contribution < -0.4 is 5.32 Å². The van der Waals surface area contributed by atoms with E-state index >= 15 is 0 Å². The quantitative estimate of drug-likeness (QED) is 0.448. The van der Waals surface area contributed by atoms with Crippen LogP contribution in [0, 0.1) is 0 Å². The summed E-state index contributed by atoms with van der Waals surface area (Å²) < 4.78 is 33.0. The van der Waals surface area contributed by atoms with Gasteiger partial charge in [0.05, 0.1) is 10.4 Å². The van der Waals surface area contributed by atoms with Crippen molar-refractivity contribution in [2.75, 3.05) is 31.5 Å². The Kier molecular flexibility index (Phi) is 9.06. The number of nitrogens with zero attached hydrogens (tertiary/aromatic N) is 3. The number of likely N-dealkylation sites (tertiary alicyclic amines) is 1. The first kappa shape index (κ1) is 26.1. The number of hydrogen-bond donors (Lipinski definition) is 1. The van der Waals surface area contributed by atoms with E-state index in [2.05, 4.69) is 10.3 Å². The van der Waals surface area contributed by atoms with Crippen molar-refractivity contribution < 1.29 is 22.7 Å². The highest BCUT2D eigenvalue weighted by molar-refractivity contribution is 7.92. The number of carbonyl (C=O) groups excluding carboxylic acids is 2. The fourth-order valence-corrected chi connectivity index (χ4v) is 5.83. The lowest BCUT2D eigenvalue weighted by molar-refractivity contribution is -0.148. The van der Waals surface area contributed by atoms with Crippen molar-refractivity contribution in [3.05, 3.63) is 51.3 Å². The van der Waals surface area contributed by atoms with E-state index in [1.807, 2.05) is 12.1 Å². The highest BCUT2D eigenvalue weighted by Crippen LogP contribution is 2.25. The van der Waals surface area contributed by atoms with Crippen LogP contribution in [0.4, 0.5) is 5.69 Å². The van der Waals surface area contributed by atoms with Gasteiger partial charge in [-0.05, 0) is 50.6 Å². The van der Waals surface area contributed by atoms with Gasteiger partial charge in [0.2, 0.25) is 15.9 Å². The Balaban J connectivity index is 1.72. The van der Waals surface area contributed by atoms with Crippen LogP contribution >= 0.6 is 22.9 Å². The largest absolute Gasteiger partial charge is 0.462 e. The molecule has 9 nitrogen and oxygen atoms in total. The molecule has 2 aromatic heterocycles. The van der Waals surface area contributed by atoms with E-state index in [-0.39, 0.29) is 12.3 Å². The average Bonchev–Trinajstić information content (AvgIpc) is 3.36. The summed E-state index contributed by atoms with van der Waals surface area (Å²) in [5.41, 5.74) is 0.873. The Hall–Kier alpha value is -2.47. The van der Waals surface area contributed by atoms with Crippen LogP contribution in [-0.4, -0.2) is 72.8 Å². The zero-order valence-electron chi connectivity index (χ0n) is 18.9. The number of ether oxygens (including phenoxy) is 1. The summed E-state index contributed by atoms with van der Waals surface area (Å²) in [6.07, 6.45) is 4.60. The molecular weight excluding hydrogens is 500 g/mol. The standard InChI is InChI=1S/C22H27ClN4O5S2/c1-16(2)32-21(28)15-27(34(30,31)14-8-18-3-4-20(23)33-18)19-7-12-26(22(19)29)13-11-25-17-5-9-24-10-6-17/h3-6,8-10,14,16,19H,7,11-13,15H2,1-2H3,(H,24,25)/b14-8+. The van der Waals surface area contributed by atoms with Crippen molar-refractivity contribution >= 4 is 56.6 Å². The molecule has 3 heterocycles. The van der Waals surface area contributed by atoms with Gasteiger partial charge in [-0.15, -0.1) is 11.3 Å². The minimum absolute atomic E-state index is 0.279. The summed E-state index contributed by atoms with van der Waals surface area (Å²) in [4.78, 5) is 31.7. The van der Waals surface area contributed by atoms with Crippen molar-refractivity contribution in [1.82, 2.24) is 14.2 Å². The predicted molar refractivity (Wildman–Crippen MR) is 133 cm³/mol. The number of nitrogens with one attached hydrogen (secondary N) is 1. The van der Waals surface area contributed by atoms with E-state index in [1.165, 1.54) is 17.4 Å². The van der Waals surface area contributed by atoms with E-state index in [0.717, 1.165) is 15.4 Å². The lowest BCUT2D eigenvalue weighted by Crippen LogP contribution is -2.47. The molecule has 3 rings (SSSR count). The molecule has 1 unspecified atom stereocenters. The molecular formula is C22H27ClN4O5S2. The smallest absolute Gasteiger partial charge is 0.321 e. The van der Waals surface area contributed by atoms with Gasteiger partial charge in [0, 0.05) is 48.0 Å². The number of pyridine rings is 1. The SMILES string of the molecule is CC(C)OC(=O)CN(C1CCN(CCNc2ccncc2)C1=O)S(=O)(=O)/C=C/c1ccc(Cl)s1. The molecule has 184 valence electrons. The normalized spacial score (nSPS) is 16.7. The average molecular weight is 527 g/mol. The summed E-state index contributed by atoms with van der Waals surface area (Å²) in [7, 11) is -4.10. The Morgan fingerprint density at radius 1 is 1.35 bits per heavy atom. The molecule has 0 saturated carbocycles. The van der Waals surface area contributed by atoms with Crippen molar-refractivity contribution in [2.45, 2.75) is 32.4 Å². The number of hydrogen-bond acceptors (Lipinski definition) is 8. The maximum absolute atomic E-state index is 13.2. The summed E-state index contributed by atoms with van der Waals surface area (Å²) in [6.45, 7) is 4.08. The maximum Gasteiger partial charge on any atom is 0.321 e. The monoisotopic (exact) mass is 526 g/mol. The second-order valence-corrected chi connectivity index (χ2v) is 11.4. The minimum Gasteiger partial charge on any atom is -0.462 e. The lowest BCUT2D eigenvalue weighted by atomic mass is 10.2. The van der Waals surface area contributed by atoms with Gasteiger partial charge in [-0.3, -0.25) is 14.6 Å². The molecule has 0 aliphatic carbocycles. The Morgan fingerprint density at radius 2 is 2.09 bits per heavy atom. The van der Waals surface area contributed by atoms with E-state index < -0.39 is 34.7 Å². The van der Waals surface area contributed by atoms with Gasteiger partial charge in [0.15, 0.2) is 0 Å². The summed E-state index contributed by atoms with van der Waals surface area (Å²) in [6, 6.07) is 6.00. The molecule has 0 radical (unpaired) electrons. The summed E-state index contributed by atoms with van der Waals surface area (Å²) >= 11 is 7.14. The number of anilines is 1. The molecule has 1 amide bonds. The molecule has 1 aliphatic rings. The number of halogens is 1. The number of amides is 1. The van der Waals surface area contributed by atoms with E-state index in [1.54, 1.807) is 43.3 Å². The molecule has 1 atom stereocenters. The minimum atomic E-state index is -4.10. The fourth-order valence-electron chi connectivity index (χ4n) is 3.47.